The fourth-order valence-electron chi connectivity index (χ4n) is 2.07. The van der Waals surface area contributed by atoms with Gasteiger partial charge in [0.05, 0.1) is 18.3 Å². The largest absolute Gasteiger partial charge is 0.491 e. The van der Waals surface area contributed by atoms with Crippen LogP contribution in [-0.2, 0) is 14.0 Å². The molecule has 22 heavy (non-hydrogen) atoms. The standard InChI is InChI=1S/C15H22BNO4S/c1-14(2)15(3,4)21-16(20-14)11(8-17)6-10-7-12(22-9-10)13(18)19-5/h6-7,9H,8,17H2,1-5H3. The Balaban J connectivity index is 2.22. The summed E-state index contributed by atoms with van der Waals surface area (Å²) in [5.74, 6) is -0.338. The molecule has 1 saturated heterocycles. The van der Waals surface area contributed by atoms with E-state index in [1.54, 1.807) is 6.07 Å². The molecule has 7 heteroatoms. The van der Waals surface area contributed by atoms with Gasteiger partial charge >= 0.3 is 13.1 Å². The smallest absolute Gasteiger partial charge is 0.465 e. The molecule has 0 spiro atoms. The van der Waals surface area contributed by atoms with Crippen molar-refractivity contribution < 1.29 is 18.8 Å². The summed E-state index contributed by atoms with van der Waals surface area (Å²) in [6.45, 7) is 8.32. The fraction of sp³-hybridized carbons (Fsp3) is 0.533. The number of methoxy groups -OCH3 is 1. The van der Waals surface area contributed by atoms with Crippen molar-refractivity contribution in [2.24, 2.45) is 5.73 Å². The maximum absolute atomic E-state index is 11.5. The number of carbonyl (C=O) groups excluding carboxylic acids is 1. The SMILES string of the molecule is COC(=O)c1cc(C=C(CN)B2OC(C)(C)C(C)(C)O2)cs1. The molecule has 2 heterocycles. The first-order valence-corrected chi connectivity index (χ1v) is 8.01. The number of rotatable bonds is 4. The maximum Gasteiger partial charge on any atom is 0.491 e. The molecule has 2 N–H and O–H groups in total. The molecule has 2 rings (SSSR count). The highest BCUT2D eigenvalue weighted by molar-refractivity contribution is 7.12. The van der Waals surface area contributed by atoms with E-state index in [-0.39, 0.29) is 5.97 Å². The van der Waals surface area contributed by atoms with Gasteiger partial charge in [0.2, 0.25) is 0 Å². The number of ether oxygens (including phenoxy) is 1. The van der Waals surface area contributed by atoms with Gasteiger partial charge in [0.1, 0.15) is 4.88 Å². The molecule has 5 nitrogen and oxygen atoms in total. The molecular formula is C15H22BNO4S. The van der Waals surface area contributed by atoms with E-state index in [0.717, 1.165) is 11.0 Å². The summed E-state index contributed by atoms with van der Waals surface area (Å²) in [6, 6.07) is 1.78. The van der Waals surface area contributed by atoms with Crippen molar-refractivity contribution in [3.8, 4) is 0 Å². The van der Waals surface area contributed by atoms with Crippen molar-refractivity contribution in [3.63, 3.8) is 0 Å². The summed E-state index contributed by atoms with van der Waals surface area (Å²) >= 11 is 1.34. The Bertz CT molecular complexity index is 578. The lowest BCUT2D eigenvalue weighted by atomic mass is 9.77. The lowest BCUT2D eigenvalue weighted by Crippen LogP contribution is -2.41. The summed E-state index contributed by atoms with van der Waals surface area (Å²) in [4.78, 5) is 12.1. The van der Waals surface area contributed by atoms with Crippen molar-refractivity contribution >= 4 is 30.5 Å². The third-order valence-corrected chi connectivity index (χ3v) is 5.08. The van der Waals surface area contributed by atoms with Gasteiger partial charge in [-0.15, -0.1) is 11.3 Å². The summed E-state index contributed by atoms with van der Waals surface area (Å²) in [7, 11) is 0.893. The Morgan fingerprint density at radius 1 is 1.36 bits per heavy atom. The zero-order valence-corrected chi connectivity index (χ0v) is 14.5. The van der Waals surface area contributed by atoms with Crippen molar-refractivity contribution in [1.29, 1.82) is 0 Å². The molecule has 1 fully saturated rings. The molecule has 1 aromatic heterocycles. The average molecular weight is 323 g/mol. The van der Waals surface area contributed by atoms with Crippen molar-refractivity contribution in [3.05, 3.63) is 27.4 Å². The Kier molecular flexibility index (Phi) is 4.82. The molecule has 0 saturated carbocycles. The minimum Gasteiger partial charge on any atom is -0.465 e. The molecule has 0 aromatic carbocycles. The second kappa shape index (κ2) is 6.16. The molecule has 1 aromatic rings. The van der Waals surface area contributed by atoms with E-state index >= 15 is 0 Å². The van der Waals surface area contributed by atoms with Crippen molar-refractivity contribution in [2.75, 3.05) is 13.7 Å². The molecule has 0 aliphatic carbocycles. The summed E-state index contributed by atoms with van der Waals surface area (Å²) in [6.07, 6.45) is 1.91. The van der Waals surface area contributed by atoms with Gasteiger partial charge in [0, 0.05) is 6.54 Å². The number of esters is 1. The Hall–Kier alpha value is -1.15. The van der Waals surface area contributed by atoms with Crippen LogP contribution in [-0.4, -0.2) is 37.9 Å². The quantitative estimate of drug-likeness (QED) is 0.681. The van der Waals surface area contributed by atoms with Gasteiger partial charge in [-0.1, -0.05) is 6.08 Å². The van der Waals surface area contributed by atoms with Crippen LogP contribution in [0.25, 0.3) is 6.08 Å². The van der Waals surface area contributed by atoms with Gasteiger partial charge in [0.15, 0.2) is 0 Å². The highest BCUT2D eigenvalue weighted by Gasteiger charge is 2.52. The number of hydrogen-bond acceptors (Lipinski definition) is 6. The molecule has 0 bridgehead atoms. The van der Waals surface area contributed by atoms with Crippen LogP contribution >= 0.6 is 11.3 Å². The Morgan fingerprint density at radius 2 is 1.95 bits per heavy atom. The molecule has 0 atom stereocenters. The highest BCUT2D eigenvalue weighted by atomic mass is 32.1. The fourth-order valence-corrected chi connectivity index (χ4v) is 2.85. The third kappa shape index (κ3) is 3.27. The van der Waals surface area contributed by atoms with Crippen LogP contribution in [0.3, 0.4) is 0 Å². The van der Waals surface area contributed by atoms with Crippen LogP contribution in [0.2, 0.25) is 0 Å². The molecule has 0 radical (unpaired) electrons. The number of hydrogen-bond donors (Lipinski definition) is 1. The van der Waals surface area contributed by atoms with Crippen LogP contribution in [0.4, 0.5) is 0 Å². The number of nitrogens with two attached hydrogens (primary N) is 1. The van der Waals surface area contributed by atoms with E-state index in [1.165, 1.54) is 18.4 Å². The van der Waals surface area contributed by atoms with Gasteiger partial charge in [-0.2, -0.15) is 0 Å². The minimum absolute atomic E-state index is 0.320. The van der Waals surface area contributed by atoms with Gasteiger partial charge in [-0.25, -0.2) is 4.79 Å². The number of thiophene rings is 1. The van der Waals surface area contributed by atoms with E-state index in [9.17, 15) is 4.79 Å². The van der Waals surface area contributed by atoms with E-state index in [1.807, 2.05) is 39.2 Å². The minimum atomic E-state index is -0.475. The predicted octanol–water partition coefficient (Wildman–Crippen LogP) is 2.51. The van der Waals surface area contributed by atoms with Gasteiger partial charge < -0.3 is 19.8 Å². The summed E-state index contributed by atoms with van der Waals surface area (Å²) in [5.41, 5.74) is 6.77. The first-order valence-electron chi connectivity index (χ1n) is 7.13. The lowest BCUT2D eigenvalue weighted by molar-refractivity contribution is 0.00578. The van der Waals surface area contributed by atoms with Crippen LogP contribution < -0.4 is 5.73 Å². The Morgan fingerprint density at radius 3 is 2.45 bits per heavy atom. The average Bonchev–Trinajstić information content (AvgIpc) is 2.98. The van der Waals surface area contributed by atoms with Gasteiger partial charge in [0.25, 0.3) is 0 Å². The van der Waals surface area contributed by atoms with Crippen LogP contribution in [0, 0.1) is 0 Å². The molecule has 1 aliphatic heterocycles. The van der Waals surface area contributed by atoms with Gasteiger partial charge in [-0.05, 0) is 50.2 Å². The zero-order valence-electron chi connectivity index (χ0n) is 13.6. The predicted molar refractivity (Wildman–Crippen MR) is 88.8 cm³/mol. The highest BCUT2D eigenvalue weighted by Crippen LogP contribution is 2.38. The van der Waals surface area contributed by atoms with Crippen molar-refractivity contribution in [2.45, 2.75) is 38.9 Å². The molecule has 1 aliphatic rings. The molecule has 120 valence electrons. The monoisotopic (exact) mass is 323 g/mol. The number of carbonyl (C=O) groups is 1. The van der Waals surface area contributed by atoms with Crippen LogP contribution in [0.5, 0.6) is 0 Å². The first-order chi connectivity index (χ1) is 10.2. The maximum atomic E-state index is 11.5. The Labute approximate surface area is 135 Å². The summed E-state index contributed by atoms with van der Waals surface area (Å²) in [5, 5.41) is 1.88. The molecular weight excluding hydrogens is 301 g/mol. The topological polar surface area (TPSA) is 70.8 Å². The molecule has 0 amide bonds. The first kappa shape index (κ1) is 17.2. The van der Waals surface area contributed by atoms with Crippen molar-refractivity contribution in [1.82, 2.24) is 0 Å². The van der Waals surface area contributed by atoms with E-state index in [4.69, 9.17) is 19.8 Å². The lowest BCUT2D eigenvalue weighted by Gasteiger charge is -2.32. The van der Waals surface area contributed by atoms with E-state index < -0.39 is 18.3 Å². The van der Waals surface area contributed by atoms with E-state index in [0.29, 0.717) is 11.4 Å². The second-order valence-corrected chi connectivity index (χ2v) is 7.16. The zero-order chi connectivity index (χ0) is 16.5. The normalized spacial score (nSPS) is 20.3. The van der Waals surface area contributed by atoms with Crippen LogP contribution in [0.1, 0.15) is 42.9 Å². The van der Waals surface area contributed by atoms with E-state index in [2.05, 4.69) is 0 Å². The second-order valence-electron chi connectivity index (χ2n) is 6.25. The van der Waals surface area contributed by atoms with Gasteiger partial charge in [-0.3, -0.25) is 0 Å². The molecule has 0 unspecified atom stereocenters. The third-order valence-electron chi connectivity index (χ3n) is 4.15. The summed E-state index contributed by atoms with van der Waals surface area (Å²) < 4.78 is 16.7. The van der Waals surface area contributed by atoms with Crippen LogP contribution in [0.15, 0.2) is 16.9 Å².